The Balaban J connectivity index is 2.58. The van der Waals surface area contributed by atoms with E-state index < -0.39 is 5.60 Å². The van der Waals surface area contributed by atoms with E-state index in [0.29, 0.717) is 0 Å². The van der Waals surface area contributed by atoms with Crippen LogP contribution in [-0.4, -0.2) is 10.7 Å². The van der Waals surface area contributed by atoms with Crippen molar-refractivity contribution in [1.82, 2.24) is 0 Å². The fourth-order valence-electron chi connectivity index (χ4n) is 2.25. The van der Waals surface area contributed by atoms with Gasteiger partial charge in [0.1, 0.15) is 5.60 Å². The molecular formula is C19H28OS. The Labute approximate surface area is 134 Å². The highest BCUT2D eigenvalue weighted by molar-refractivity contribution is 8.03. The average Bonchev–Trinajstić information content (AvgIpc) is 2.49. The molecule has 0 saturated carbocycles. The minimum atomic E-state index is -0.799. The Hall–Kier alpha value is -0.910. The second-order valence-electron chi connectivity index (χ2n) is 5.59. The van der Waals surface area contributed by atoms with E-state index in [0.717, 1.165) is 30.6 Å². The van der Waals surface area contributed by atoms with Crippen molar-refractivity contribution >= 4 is 11.8 Å². The maximum absolute atomic E-state index is 10.8. The van der Waals surface area contributed by atoms with Crippen LogP contribution < -0.4 is 0 Å². The largest absolute Gasteiger partial charge is 0.378 e. The van der Waals surface area contributed by atoms with Gasteiger partial charge in [0.05, 0.1) is 0 Å². The van der Waals surface area contributed by atoms with Gasteiger partial charge in [0, 0.05) is 4.90 Å². The van der Waals surface area contributed by atoms with Crippen LogP contribution in [0.2, 0.25) is 0 Å². The summed E-state index contributed by atoms with van der Waals surface area (Å²) in [4.78, 5) is 1.13. The van der Waals surface area contributed by atoms with Crippen LogP contribution in [0, 0.1) is 11.2 Å². The van der Waals surface area contributed by atoms with Crippen LogP contribution in [0.4, 0.5) is 0 Å². The molecule has 0 fully saturated rings. The second-order valence-corrected chi connectivity index (χ2v) is 6.47. The Kier molecular flexibility index (Phi) is 9.30. The summed E-state index contributed by atoms with van der Waals surface area (Å²) >= 11 is 1.50. The van der Waals surface area contributed by atoms with Crippen LogP contribution in [0.5, 0.6) is 0 Å². The highest BCUT2D eigenvalue weighted by Gasteiger charge is 2.22. The molecule has 2 heteroatoms. The predicted molar refractivity (Wildman–Crippen MR) is 93.3 cm³/mol. The van der Waals surface area contributed by atoms with Crippen molar-refractivity contribution < 1.29 is 5.11 Å². The molecule has 0 aliphatic carbocycles. The first-order valence-corrected chi connectivity index (χ1v) is 8.98. The first-order chi connectivity index (χ1) is 10.2. The number of benzene rings is 1. The van der Waals surface area contributed by atoms with Crippen LogP contribution in [0.1, 0.15) is 65.2 Å². The summed E-state index contributed by atoms with van der Waals surface area (Å²) in [6.45, 7) is 4.38. The van der Waals surface area contributed by atoms with Gasteiger partial charge >= 0.3 is 0 Å². The third kappa shape index (κ3) is 8.19. The third-order valence-electron chi connectivity index (χ3n) is 3.58. The zero-order valence-corrected chi connectivity index (χ0v) is 14.2. The minimum Gasteiger partial charge on any atom is -0.378 e. The van der Waals surface area contributed by atoms with Crippen LogP contribution >= 0.6 is 11.8 Å². The summed E-state index contributed by atoms with van der Waals surface area (Å²) in [6, 6.07) is 10.1. The van der Waals surface area contributed by atoms with E-state index >= 15 is 0 Å². The van der Waals surface area contributed by atoms with E-state index in [4.69, 9.17) is 0 Å². The lowest BCUT2D eigenvalue weighted by Gasteiger charge is -2.22. The number of thioether (sulfide) groups is 1. The molecule has 0 aliphatic heterocycles. The van der Waals surface area contributed by atoms with Crippen molar-refractivity contribution in [3.05, 3.63) is 30.3 Å². The van der Waals surface area contributed by atoms with Gasteiger partial charge < -0.3 is 5.11 Å². The number of aliphatic hydroxyl groups is 1. The minimum absolute atomic E-state index is 0.799. The van der Waals surface area contributed by atoms with Crippen molar-refractivity contribution in [2.24, 2.45) is 0 Å². The Morgan fingerprint density at radius 1 is 0.952 bits per heavy atom. The fourth-order valence-corrected chi connectivity index (χ4v) is 2.90. The van der Waals surface area contributed by atoms with Crippen molar-refractivity contribution in [2.45, 2.75) is 75.7 Å². The summed E-state index contributed by atoms with van der Waals surface area (Å²) < 4.78 is 0. The van der Waals surface area contributed by atoms with Gasteiger partial charge in [-0.05, 0) is 54.8 Å². The Bertz CT molecular complexity index is 420. The normalized spacial score (nSPS) is 11.0. The van der Waals surface area contributed by atoms with Crippen molar-refractivity contribution in [3.8, 4) is 11.2 Å². The molecule has 1 nitrogen and oxygen atoms in total. The van der Waals surface area contributed by atoms with E-state index in [2.05, 4.69) is 25.0 Å². The molecule has 21 heavy (non-hydrogen) atoms. The van der Waals surface area contributed by atoms with Gasteiger partial charge in [0.15, 0.2) is 0 Å². The van der Waals surface area contributed by atoms with E-state index in [9.17, 15) is 5.11 Å². The van der Waals surface area contributed by atoms with Gasteiger partial charge in [0.2, 0.25) is 0 Å². The Morgan fingerprint density at radius 3 is 2.05 bits per heavy atom. The second kappa shape index (κ2) is 10.8. The molecule has 0 unspecified atom stereocenters. The zero-order chi connectivity index (χ0) is 15.4. The number of hydrogen-bond donors (Lipinski definition) is 1. The average molecular weight is 304 g/mol. The summed E-state index contributed by atoms with van der Waals surface area (Å²) in [5.74, 6) is 3.13. The Morgan fingerprint density at radius 2 is 1.52 bits per heavy atom. The van der Waals surface area contributed by atoms with E-state index in [1.54, 1.807) is 0 Å². The molecule has 1 rings (SSSR count). The van der Waals surface area contributed by atoms with Gasteiger partial charge in [0.25, 0.3) is 0 Å². The molecule has 1 aromatic rings. The fraction of sp³-hybridized carbons (Fsp3) is 0.579. The lowest BCUT2D eigenvalue weighted by molar-refractivity contribution is 0.0766. The number of rotatable bonds is 9. The maximum Gasteiger partial charge on any atom is 0.126 e. The first kappa shape index (κ1) is 18.1. The smallest absolute Gasteiger partial charge is 0.126 e. The van der Waals surface area contributed by atoms with Crippen molar-refractivity contribution in [3.63, 3.8) is 0 Å². The standard InChI is InChI=1S/C19H28OS/c1-3-5-10-14-19(20,15-11-6-4-2)16-17-21-18-12-8-7-9-13-18/h7-9,12-13,20H,3-6,10-11,14-15H2,1-2H3. The number of hydrogen-bond acceptors (Lipinski definition) is 2. The van der Waals surface area contributed by atoms with Crippen LogP contribution in [0.15, 0.2) is 35.2 Å². The zero-order valence-electron chi connectivity index (χ0n) is 13.4. The monoisotopic (exact) mass is 304 g/mol. The molecule has 0 bridgehead atoms. The molecule has 0 spiro atoms. The highest BCUT2D eigenvalue weighted by atomic mass is 32.2. The van der Waals surface area contributed by atoms with Crippen molar-refractivity contribution in [1.29, 1.82) is 0 Å². The predicted octanol–water partition coefficient (Wildman–Crippen LogP) is 5.63. The summed E-state index contributed by atoms with van der Waals surface area (Å²) in [5.41, 5.74) is -0.799. The van der Waals surface area contributed by atoms with Crippen molar-refractivity contribution in [2.75, 3.05) is 0 Å². The van der Waals surface area contributed by atoms with Gasteiger partial charge in [-0.25, -0.2) is 0 Å². The summed E-state index contributed by atoms with van der Waals surface area (Å²) in [6.07, 6.45) is 8.41. The maximum atomic E-state index is 10.8. The topological polar surface area (TPSA) is 20.2 Å². The molecule has 0 amide bonds. The number of unbranched alkanes of at least 4 members (excludes halogenated alkanes) is 4. The van der Waals surface area contributed by atoms with Gasteiger partial charge in [-0.1, -0.05) is 63.7 Å². The van der Waals surface area contributed by atoms with Gasteiger partial charge in [-0.2, -0.15) is 0 Å². The molecular weight excluding hydrogens is 276 g/mol. The molecule has 0 radical (unpaired) electrons. The van der Waals surface area contributed by atoms with Crippen LogP contribution in [-0.2, 0) is 0 Å². The van der Waals surface area contributed by atoms with Gasteiger partial charge in [-0.3, -0.25) is 0 Å². The summed E-state index contributed by atoms with van der Waals surface area (Å²) in [5, 5.41) is 13.9. The molecule has 0 heterocycles. The SMILES string of the molecule is CCCCCC(O)(C#CSc1ccccc1)CCCCC. The first-order valence-electron chi connectivity index (χ1n) is 8.16. The molecule has 0 atom stereocenters. The lowest BCUT2D eigenvalue weighted by atomic mass is 9.91. The van der Waals surface area contributed by atoms with E-state index in [-0.39, 0.29) is 0 Å². The third-order valence-corrected chi connectivity index (χ3v) is 4.30. The molecule has 0 saturated heterocycles. The highest BCUT2D eigenvalue weighted by Crippen LogP contribution is 2.23. The lowest BCUT2D eigenvalue weighted by Crippen LogP contribution is -2.26. The molecule has 0 aromatic heterocycles. The van der Waals surface area contributed by atoms with Crippen LogP contribution in [0.25, 0.3) is 0 Å². The van der Waals surface area contributed by atoms with Gasteiger partial charge in [-0.15, -0.1) is 0 Å². The van der Waals surface area contributed by atoms with E-state index in [1.807, 2.05) is 30.3 Å². The quantitative estimate of drug-likeness (QED) is 0.362. The van der Waals surface area contributed by atoms with E-state index in [1.165, 1.54) is 37.4 Å². The molecule has 1 N–H and O–H groups in total. The summed E-state index contributed by atoms with van der Waals surface area (Å²) in [7, 11) is 0. The molecule has 116 valence electrons. The molecule has 0 aliphatic rings. The molecule has 1 aromatic carbocycles. The van der Waals surface area contributed by atoms with Crippen LogP contribution in [0.3, 0.4) is 0 Å².